The lowest BCUT2D eigenvalue weighted by molar-refractivity contribution is -0.121. The molecular formula is C23H21FN2O3. The molecule has 3 aromatic rings. The molecule has 1 N–H and O–H groups in total. The van der Waals surface area contributed by atoms with Gasteiger partial charge in [-0.25, -0.2) is 4.39 Å². The van der Waals surface area contributed by atoms with Crippen molar-refractivity contribution in [2.24, 2.45) is 5.92 Å². The summed E-state index contributed by atoms with van der Waals surface area (Å²) < 4.78 is 18.3. The van der Waals surface area contributed by atoms with E-state index in [4.69, 9.17) is 4.42 Å². The Morgan fingerprint density at radius 1 is 1.03 bits per heavy atom. The van der Waals surface area contributed by atoms with Crippen LogP contribution in [0.1, 0.15) is 23.4 Å². The summed E-state index contributed by atoms with van der Waals surface area (Å²) in [5.41, 5.74) is 2.43. The Kier molecular flexibility index (Phi) is 5.42. The van der Waals surface area contributed by atoms with Crippen LogP contribution >= 0.6 is 0 Å². The van der Waals surface area contributed by atoms with Gasteiger partial charge in [-0.05, 0) is 60.4 Å². The zero-order chi connectivity index (χ0) is 20.2. The van der Waals surface area contributed by atoms with Crippen LogP contribution in [0, 0.1) is 11.7 Å². The molecule has 1 atom stereocenters. The van der Waals surface area contributed by atoms with Crippen LogP contribution in [0.4, 0.5) is 10.1 Å². The lowest BCUT2D eigenvalue weighted by atomic mass is 9.96. The van der Waals surface area contributed by atoms with E-state index in [1.165, 1.54) is 18.4 Å². The molecule has 0 saturated carbocycles. The third-order valence-electron chi connectivity index (χ3n) is 5.12. The number of furan rings is 1. The average Bonchev–Trinajstić information content (AvgIpc) is 3.29. The first-order chi connectivity index (χ1) is 14.1. The summed E-state index contributed by atoms with van der Waals surface area (Å²) in [5, 5.41) is 2.95. The molecule has 0 aliphatic carbocycles. The van der Waals surface area contributed by atoms with Crippen molar-refractivity contribution in [2.45, 2.75) is 12.8 Å². The maximum Gasteiger partial charge on any atom is 0.289 e. The molecule has 1 aliphatic heterocycles. The molecule has 29 heavy (non-hydrogen) atoms. The first-order valence-corrected chi connectivity index (χ1v) is 9.60. The molecule has 1 fully saturated rings. The number of halogens is 1. The molecule has 2 amide bonds. The van der Waals surface area contributed by atoms with Crippen molar-refractivity contribution < 1.29 is 18.4 Å². The van der Waals surface area contributed by atoms with Crippen LogP contribution < -0.4 is 5.32 Å². The van der Waals surface area contributed by atoms with Crippen LogP contribution in [0.25, 0.3) is 11.1 Å². The second-order valence-corrected chi connectivity index (χ2v) is 7.14. The highest BCUT2D eigenvalue weighted by atomic mass is 19.1. The fourth-order valence-corrected chi connectivity index (χ4v) is 3.59. The zero-order valence-electron chi connectivity index (χ0n) is 15.8. The third kappa shape index (κ3) is 4.37. The fraction of sp³-hybridized carbons (Fsp3) is 0.217. The van der Waals surface area contributed by atoms with Gasteiger partial charge in [0.2, 0.25) is 5.91 Å². The molecule has 148 valence electrons. The lowest BCUT2D eigenvalue weighted by Crippen LogP contribution is -2.43. The van der Waals surface area contributed by atoms with Gasteiger partial charge in [0.15, 0.2) is 5.76 Å². The quantitative estimate of drug-likeness (QED) is 0.707. The maximum absolute atomic E-state index is 13.1. The van der Waals surface area contributed by atoms with Crippen molar-refractivity contribution in [3.8, 4) is 11.1 Å². The van der Waals surface area contributed by atoms with Crippen LogP contribution in [0.3, 0.4) is 0 Å². The van der Waals surface area contributed by atoms with Gasteiger partial charge in [-0.3, -0.25) is 9.59 Å². The highest BCUT2D eigenvalue weighted by Gasteiger charge is 2.29. The molecule has 0 bridgehead atoms. The summed E-state index contributed by atoms with van der Waals surface area (Å²) in [6, 6.07) is 17.0. The van der Waals surface area contributed by atoms with Gasteiger partial charge >= 0.3 is 0 Å². The Balaban J connectivity index is 1.43. The standard InChI is InChI=1S/C23H21FN2O3/c24-19-10-8-16(9-11-19)17-4-1-6-20(14-17)25-22(27)18-5-2-12-26(15-18)23(28)21-7-3-13-29-21/h1,3-4,6-11,13-14,18H,2,5,12,15H2,(H,25,27). The third-order valence-corrected chi connectivity index (χ3v) is 5.12. The number of anilines is 1. The van der Waals surface area contributed by atoms with Gasteiger partial charge < -0.3 is 14.6 Å². The monoisotopic (exact) mass is 392 g/mol. The Morgan fingerprint density at radius 2 is 1.86 bits per heavy atom. The first-order valence-electron chi connectivity index (χ1n) is 9.60. The van der Waals surface area contributed by atoms with Gasteiger partial charge in [-0.15, -0.1) is 0 Å². The molecule has 2 aromatic carbocycles. The minimum Gasteiger partial charge on any atom is -0.459 e. The lowest BCUT2D eigenvalue weighted by Gasteiger charge is -2.31. The summed E-state index contributed by atoms with van der Waals surface area (Å²) in [4.78, 5) is 26.9. The number of amides is 2. The molecule has 2 heterocycles. The second kappa shape index (κ2) is 8.31. The topological polar surface area (TPSA) is 62.6 Å². The van der Waals surface area contributed by atoms with Crippen LogP contribution in [0.15, 0.2) is 71.3 Å². The second-order valence-electron chi connectivity index (χ2n) is 7.14. The maximum atomic E-state index is 13.1. The molecule has 5 nitrogen and oxygen atoms in total. The summed E-state index contributed by atoms with van der Waals surface area (Å²) in [6.45, 7) is 0.979. The Bertz CT molecular complexity index is 999. The smallest absolute Gasteiger partial charge is 0.289 e. The first kappa shape index (κ1) is 18.9. The number of hydrogen-bond acceptors (Lipinski definition) is 3. The van der Waals surface area contributed by atoms with Crippen LogP contribution in [-0.2, 0) is 4.79 Å². The van der Waals surface area contributed by atoms with E-state index < -0.39 is 0 Å². The highest BCUT2D eigenvalue weighted by Crippen LogP contribution is 2.25. The number of nitrogens with one attached hydrogen (secondary N) is 1. The van der Waals surface area contributed by atoms with Gasteiger partial charge in [0.25, 0.3) is 5.91 Å². The van der Waals surface area contributed by atoms with E-state index in [-0.39, 0.29) is 29.3 Å². The zero-order valence-corrected chi connectivity index (χ0v) is 15.8. The highest BCUT2D eigenvalue weighted by molar-refractivity contribution is 5.95. The van der Waals surface area contributed by atoms with Crippen LogP contribution in [-0.4, -0.2) is 29.8 Å². The average molecular weight is 392 g/mol. The molecule has 1 aromatic heterocycles. The largest absolute Gasteiger partial charge is 0.459 e. The van der Waals surface area contributed by atoms with Crippen LogP contribution in [0.2, 0.25) is 0 Å². The van der Waals surface area contributed by atoms with E-state index in [9.17, 15) is 14.0 Å². The summed E-state index contributed by atoms with van der Waals surface area (Å²) in [5.74, 6) is -0.580. The number of carbonyl (C=O) groups excluding carboxylic acids is 2. The normalized spacial score (nSPS) is 16.4. The minimum absolute atomic E-state index is 0.113. The molecule has 6 heteroatoms. The van der Waals surface area contributed by atoms with Crippen LogP contribution in [0.5, 0.6) is 0 Å². The number of rotatable bonds is 4. The van der Waals surface area contributed by atoms with Gasteiger partial charge in [0.05, 0.1) is 12.2 Å². The number of hydrogen-bond donors (Lipinski definition) is 1. The Labute approximate surface area is 168 Å². The molecule has 1 unspecified atom stereocenters. The van der Waals surface area contributed by atoms with Crippen molar-refractivity contribution in [2.75, 3.05) is 18.4 Å². The minimum atomic E-state index is -0.288. The van der Waals surface area contributed by atoms with E-state index >= 15 is 0 Å². The van der Waals surface area contributed by atoms with Crippen molar-refractivity contribution in [1.82, 2.24) is 4.90 Å². The van der Waals surface area contributed by atoms with Gasteiger partial charge in [-0.1, -0.05) is 24.3 Å². The fourth-order valence-electron chi connectivity index (χ4n) is 3.59. The molecule has 4 rings (SSSR count). The molecule has 0 radical (unpaired) electrons. The van der Waals surface area contributed by atoms with E-state index in [1.807, 2.05) is 24.3 Å². The predicted octanol–water partition coefficient (Wildman–Crippen LogP) is 4.58. The molecular weight excluding hydrogens is 371 g/mol. The SMILES string of the molecule is O=C(Nc1cccc(-c2ccc(F)cc2)c1)C1CCCN(C(=O)c2ccco2)C1. The summed E-state index contributed by atoms with van der Waals surface area (Å²) in [7, 11) is 0. The van der Waals surface area contributed by atoms with Crippen molar-refractivity contribution in [3.05, 3.63) is 78.5 Å². The number of nitrogens with zero attached hydrogens (tertiary/aromatic N) is 1. The predicted molar refractivity (Wildman–Crippen MR) is 108 cm³/mol. The molecule has 0 spiro atoms. The van der Waals surface area contributed by atoms with Gasteiger partial charge in [-0.2, -0.15) is 0 Å². The number of carbonyl (C=O) groups is 2. The van der Waals surface area contributed by atoms with Crippen molar-refractivity contribution in [3.63, 3.8) is 0 Å². The summed E-state index contributed by atoms with van der Waals surface area (Å²) in [6.07, 6.45) is 2.96. The summed E-state index contributed by atoms with van der Waals surface area (Å²) >= 11 is 0. The number of piperidine rings is 1. The van der Waals surface area contributed by atoms with Crippen molar-refractivity contribution in [1.29, 1.82) is 0 Å². The van der Waals surface area contributed by atoms with Crippen molar-refractivity contribution >= 4 is 17.5 Å². The van der Waals surface area contributed by atoms with E-state index in [0.29, 0.717) is 18.8 Å². The van der Waals surface area contributed by atoms with E-state index in [1.54, 1.807) is 29.2 Å². The van der Waals surface area contributed by atoms with E-state index in [2.05, 4.69) is 5.32 Å². The number of benzene rings is 2. The number of likely N-dealkylation sites (tertiary alicyclic amines) is 1. The Hall–Kier alpha value is -3.41. The van der Waals surface area contributed by atoms with E-state index in [0.717, 1.165) is 24.0 Å². The Morgan fingerprint density at radius 3 is 2.62 bits per heavy atom. The molecule has 1 saturated heterocycles. The molecule has 1 aliphatic rings. The van der Waals surface area contributed by atoms with Gasteiger partial charge in [0, 0.05) is 18.8 Å². The van der Waals surface area contributed by atoms with Gasteiger partial charge in [0.1, 0.15) is 5.82 Å².